The van der Waals surface area contributed by atoms with Gasteiger partial charge in [-0.1, -0.05) is 60.5 Å². The third-order valence-corrected chi connectivity index (χ3v) is 6.53. The average Bonchev–Trinajstić information content (AvgIpc) is 2.98. The molecule has 3 aromatic rings. The molecule has 0 atom stereocenters. The monoisotopic (exact) mass is 436 g/mol. The van der Waals surface area contributed by atoms with Crippen LogP contribution in [-0.4, -0.2) is 15.7 Å². The van der Waals surface area contributed by atoms with Gasteiger partial charge >= 0.3 is 0 Å². The summed E-state index contributed by atoms with van der Waals surface area (Å²) < 4.78 is 2.67. The van der Waals surface area contributed by atoms with Crippen molar-refractivity contribution in [2.24, 2.45) is 4.99 Å². The van der Waals surface area contributed by atoms with Gasteiger partial charge in [-0.15, -0.1) is 18.3 Å². The molecule has 0 radical (unpaired) electrons. The van der Waals surface area contributed by atoms with Crippen LogP contribution >= 0.6 is 46.3 Å². The van der Waals surface area contributed by atoms with E-state index in [1.807, 2.05) is 22.8 Å². The van der Waals surface area contributed by atoms with Crippen molar-refractivity contribution in [2.45, 2.75) is 30.5 Å². The first-order valence-corrected chi connectivity index (χ1v) is 10.8. The summed E-state index contributed by atoms with van der Waals surface area (Å²) in [6, 6.07) is 11.0. The summed E-state index contributed by atoms with van der Waals surface area (Å²) in [7, 11) is 0. The molecule has 1 aromatic heterocycles. The van der Waals surface area contributed by atoms with Crippen molar-refractivity contribution < 1.29 is 4.79 Å². The molecule has 2 aromatic carbocycles. The molecule has 3 rings (SSSR count). The van der Waals surface area contributed by atoms with Crippen LogP contribution in [0, 0.1) is 0 Å². The minimum atomic E-state index is -0.294. The maximum absolute atomic E-state index is 12.8. The normalized spacial score (nSPS) is 12.1. The van der Waals surface area contributed by atoms with Gasteiger partial charge in [0.2, 0.25) is 0 Å². The number of carbonyl (C=O) groups excluding carboxylic acids is 1. The average molecular weight is 437 g/mol. The van der Waals surface area contributed by atoms with E-state index < -0.39 is 0 Å². The van der Waals surface area contributed by atoms with Crippen molar-refractivity contribution >= 4 is 62.4 Å². The van der Waals surface area contributed by atoms with Crippen LogP contribution in [0.2, 0.25) is 10.0 Å². The SMILES string of the molecule is C=CCn1c(=NC(=O)c2cccc(SC(C)C)c2)sc2c(Cl)ccc(Cl)c21. The number of carbonyl (C=O) groups is 1. The number of hydrogen-bond acceptors (Lipinski definition) is 3. The quantitative estimate of drug-likeness (QED) is 0.340. The van der Waals surface area contributed by atoms with Crippen molar-refractivity contribution in [3.05, 3.63) is 69.5 Å². The number of rotatable bonds is 5. The number of halogens is 2. The van der Waals surface area contributed by atoms with Crippen molar-refractivity contribution in [2.75, 3.05) is 0 Å². The molecule has 27 heavy (non-hydrogen) atoms. The van der Waals surface area contributed by atoms with Gasteiger partial charge in [0.1, 0.15) is 0 Å². The minimum absolute atomic E-state index is 0.294. The summed E-state index contributed by atoms with van der Waals surface area (Å²) in [5.74, 6) is -0.294. The van der Waals surface area contributed by atoms with E-state index in [9.17, 15) is 4.79 Å². The summed E-state index contributed by atoms with van der Waals surface area (Å²) in [5, 5.41) is 1.59. The van der Waals surface area contributed by atoms with E-state index in [1.165, 1.54) is 11.3 Å². The second-order valence-corrected chi connectivity index (χ2v) is 9.54. The number of benzene rings is 2. The third-order valence-electron chi connectivity index (χ3n) is 3.69. The molecule has 0 unspecified atom stereocenters. The summed E-state index contributed by atoms with van der Waals surface area (Å²) in [6.45, 7) is 8.51. The van der Waals surface area contributed by atoms with Gasteiger partial charge in [0.15, 0.2) is 4.80 Å². The van der Waals surface area contributed by atoms with Crippen LogP contribution in [0.1, 0.15) is 24.2 Å². The molecule has 0 aliphatic rings. The zero-order valence-electron chi connectivity index (χ0n) is 14.9. The molecule has 1 heterocycles. The molecule has 0 saturated heterocycles. The Kier molecular flexibility index (Phi) is 6.48. The Morgan fingerprint density at radius 2 is 2.04 bits per heavy atom. The highest BCUT2D eigenvalue weighted by atomic mass is 35.5. The molecule has 140 valence electrons. The Hall–Kier alpha value is -1.53. The molecule has 0 bridgehead atoms. The first-order valence-electron chi connectivity index (χ1n) is 8.34. The number of fused-ring (bicyclic) bond motifs is 1. The number of aromatic nitrogens is 1. The Labute approximate surface area is 176 Å². The van der Waals surface area contributed by atoms with Crippen LogP contribution in [0.15, 0.2) is 58.9 Å². The Morgan fingerprint density at radius 1 is 1.30 bits per heavy atom. The fourth-order valence-electron chi connectivity index (χ4n) is 2.62. The Bertz CT molecular complexity index is 1080. The molecule has 0 aliphatic carbocycles. The first-order chi connectivity index (χ1) is 12.9. The van der Waals surface area contributed by atoms with Crippen molar-refractivity contribution in [1.82, 2.24) is 4.57 Å². The summed E-state index contributed by atoms with van der Waals surface area (Å²) >= 11 is 15.7. The largest absolute Gasteiger partial charge is 0.311 e. The van der Waals surface area contributed by atoms with Gasteiger partial charge in [0, 0.05) is 22.3 Å². The molecule has 0 aliphatic heterocycles. The number of hydrogen-bond donors (Lipinski definition) is 0. The molecule has 1 amide bonds. The molecule has 3 nitrogen and oxygen atoms in total. The van der Waals surface area contributed by atoms with E-state index in [-0.39, 0.29) is 5.91 Å². The fourth-order valence-corrected chi connectivity index (χ4v) is 5.17. The second-order valence-electron chi connectivity index (χ2n) is 6.10. The topological polar surface area (TPSA) is 34.4 Å². The summed E-state index contributed by atoms with van der Waals surface area (Å²) in [6.07, 6.45) is 1.74. The number of nitrogens with zero attached hydrogens (tertiary/aromatic N) is 2. The lowest BCUT2D eigenvalue weighted by Crippen LogP contribution is -2.16. The number of allylic oxidation sites excluding steroid dienone is 1. The number of thiazole rings is 1. The maximum atomic E-state index is 12.8. The maximum Gasteiger partial charge on any atom is 0.279 e. The molecule has 7 heteroatoms. The Morgan fingerprint density at radius 3 is 2.74 bits per heavy atom. The predicted octanol–water partition coefficient (Wildman–Crippen LogP) is 6.44. The van der Waals surface area contributed by atoms with Gasteiger partial charge in [0.25, 0.3) is 5.91 Å². The van der Waals surface area contributed by atoms with Crippen LogP contribution in [0.4, 0.5) is 0 Å². The zero-order chi connectivity index (χ0) is 19.6. The van der Waals surface area contributed by atoms with Crippen molar-refractivity contribution in [1.29, 1.82) is 0 Å². The van der Waals surface area contributed by atoms with E-state index in [1.54, 1.807) is 36.0 Å². The highest BCUT2D eigenvalue weighted by Gasteiger charge is 2.14. The fraction of sp³-hybridized carbons (Fsp3) is 0.200. The van der Waals surface area contributed by atoms with Gasteiger partial charge in [-0.3, -0.25) is 4.79 Å². The van der Waals surface area contributed by atoms with Crippen LogP contribution in [0.3, 0.4) is 0 Å². The number of thioether (sulfide) groups is 1. The minimum Gasteiger partial charge on any atom is -0.311 e. The molecule has 0 fully saturated rings. The van der Waals surface area contributed by atoms with Gasteiger partial charge in [-0.05, 0) is 30.3 Å². The second kappa shape index (κ2) is 8.65. The smallest absolute Gasteiger partial charge is 0.279 e. The van der Waals surface area contributed by atoms with Crippen molar-refractivity contribution in [3.8, 4) is 0 Å². The lowest BCUT2D eigenvalue weighted by atomic mass is 10.2. The van der Waals surface area contributed by atoms with E-state index >= 15 is 0 Å². The standard InChI is InChI=1S/C20H18Cl2N2OS2/c1-4-10-24-17-15(21)8-9-16(22)18(17)27-20(24)23-19(25)13-6-5-7-14(11-13)26-12(2)3/h4-9,11-12H,1,10H2,2-3H3. The van der Waals surface area contributed by atoms with Crippen LogP contribution < -0.4 is 4.80 Å². The zero-order valence-corrected chi connectivity index (χ0v) is 18.1. The van der Waals surface area contributed by atoms with E-state index in [4.69, 9.17) is 23.2 Å². The van der Waals surface area contributed by atoms with Gasteiger partial charge in [-0.2, -0.15) is 4.99 Å². The van der Waals surface area contributed by atoms with Gasteiger partial charge < -0.3 is 4.57 Å². The van der Waals surface area contributed by atoms with E-state index in [0.29, 0.717) is 32.2 Å². The first kappa shape index (κ1) is 20.2. The van der Waals surface area contributed by atoms with Crippen LogP contribution in [0.25, 0.3) is 10.2 Å². The molecule has 0 N–H and O–H groups in total. The Balaban J connectivity index is 2.11. The summed E-state index contributed by atoms with van der Waals surface area (Å²) in [4.78, 5) is 18.7. The third kappa shape index (κ3) is 4.49. The predicted molar refractivity (Wildman–Crippen MR) is 117 cm³/mol. The number of amides is 1. The lowest BCUT2D eigenvalue weighted by molar-refractivity contribution is 0.0997. The highest BCUT2D eigenvalue weighted by molar-refractivity contribution is 7.99. The molecular formula is C20H18Cl2N2OS2. The van der Waals surface area contributed by atoms with E-state index in [0.717, 1.165) is 15.1 Å². The van der Waals surface area contributed by atoms with E-state index in [2.05, 4.69) is 25.4 Å². The molecular weight excluding hydrogens is 419 g/mol. The van der Waals surface area contributed by atoms with Crippen LogP contribution in [0.5, 0.6) is 0 Å². The van der Waals surface area contributed by atoms with Gasteiger partial charge in [0.05, 0.1) is 20.3 Å². The van der Waals surface area contributed by atoms with Crippen molar-refractivity contribution in [3.63, 3.8) is 0 Å². The molecule has 0 spiro atoms. The van der Waals surface area contributed by atoms with Gasteiger partial charge in [-0.25, -0.2) is 0 Å². The van der Waals surface area contributed by atoms with Crippen LogP contribution in [-0.2, 0) is 6.54 Å². The highest BCUT2D eigenvalue weighted by Crippen LogP contribution is 2.32. The lowest BCUT2D eigenvalue weighted by Gasteiger charge is -2.05. The summed E-state index contributed by atoms with van der Waals surface area (Å²) in [5.41, 5.74) is 1.32. The molecule has 0 saturated carbocycles.